The number of hydrogen-bond donors (Lipinski definition) is 0. The zero-order chi connectivity index (χ0) is 88.3. The molecular formula is C107H173ClO8. The average molecular weight is 1620 g/mol. The van der Waals surface area contributed by atoms with Gasteiger partial charge in [-0.2, -0.15) is 0 Å². The smallest absolute Gasteiger partial charge is 0.119 e. The number of hydrogen-bond acceptors (Lipinski definition) is 8. The molecule has 116 heavy (non-hydrogen) atoms. The van der Waals surface area contributed by atoms with Gasteiger partial charge in [-0.05, 0) is 215 Å². The van der Waals surface area contributed by atoms with Crippen LogP contribution in [0.5, 0.6) is 46.0 Å². The first-order valence-electron chi connectivity index (χ1n) is 45.8. The first-order chi connectivity index (χ1) is 56.4. The van der Waals surface area contributed by atoms with Crippen molar-refractivity contribution in [3.63, 3.8) is 0 Å². The van der Waals surface area contributed by atoms with Gasteiger partial charge >= 0.3 is 0 Å². The van der Waals surface area contributed by atoms with Crippen molar-refractivity contribution in [3.8, 4) is 46.0 Å². The Morgan fingerprint density at radius 3 is 0.371 bits per heavy atom. The molecule has 0 aliphatic rings. The number of alkyl halides is 1. The van der Waals surface area contributed by atoms with Crippen LogP contribution in [0.4, 0.5) is 0 Å². The minimum atomic E-state index is 0.0701. The molecule has 8 rings (SSSR count). The Morgan fingerprint density at radius 1 is 0.172 bits per heavy atom. The van der Waals surface area contributed by atoms with Crippen molar-refractivity contribution in [3.05, 3.63) is 239 Å². The van der Waals surface area contributed by atoms with Crippen LogP contribution in [-0.4, -0.2) is 58.2 Å². The lowest BCUT2D eigenvalue weighted by Gasteiger charge is -2.12. The van der Waals surface area contributed by atoms with Crippen molar-refractivity contribution in [1.82, 2.24) is 0 Å². The summed E-state index contributed by atoms with van der Waals surface area (Å²) in [6.45, 7) is 70.9. The maximum atomic E-state index is 6.08. The molecule has 0 N–H and O–H groups in total. The van der Waals surface area contributed by atoms with E-state index >= 15 is 0 Å². The number of ether oxygens (including phenoxy) is 8. The standard InChI is InChI=1S/3C23H32O2.C22H29ClO2.8C2H6/c3*1-5-18(3)16-24-22-11-7-20(8-12-22)15-21-9-13-23(14-10-21)25-17-19(4)6-2;1-4-17(3)15-24-21-10-6-18(7-11-21)14-19-8-12-22(13-9-19)25-16-20(23)5-2;8*1-2/h3*7-14,18-19H,5-6,15-17H2,1-4H3;6-13,17,20H,4-5,14-16H2,1-3H3;8*1-2H3/t2*18-,19+;18-,19-;17-,20-;;;;;;;;/m..10......../s1. The quantitative estimate of drug-likeness (QED) is 0.0352. The Hall–Kier alpha value is -7.55. The molecule has 0 saturated carbocycles. The van der Waals surface area contributed by atoms with Crippen LogP contribution in [0, 0.1) is 41.4 Å². The Balaban J connectivity index is -0.000000679. The molecule has 0 unspecified atom stereocenters. The topological polar surface area (TPSA) is 73.8 Å². The molecule has 8 nitrogen and oxygen atoms in total. The van der Waals surface area contributed by atoms with Crippen molar-refractivity contribution in [1.29, 1.82) is 0 Å². The van der Waals surface area contributed by atoms with Gasteiger partial charge in [-0.3, -0.25) is 0 Å². The van der Waals surface area contributed by atoms with Crippen molar-refractivity contribution in [2.24, 2.45) is 41.4 Å². The molecule has 0 aromatic heterocycles. The first-order valence-corrected chi connectivity index (χ1v) is 46.2. The third-order valence-electron chi connectivity index (χ3n) is 18.5. The molecule has 0 aliphatic carbocycles. The molecular weight excluding hydrogens is 1450 g/mol. The highest BCUT2D eigenvalue weighted by Crippen LogP contribution is 2.25. The summed E-state index contributed by atoms with van der Waals surface area (Å²) >= 11 is 6.08. The van der Waals surface area contributed by atoms with Crippen molar-refractivity contribution < 1.29 is 37.9 Å². The molecule has 0 radical (unpaired) electrons. The van der Waals surface area contributed by atoms with Gasteiger partial charge in [0.2, 0.25) is 0 Å². The lowest BCUT2D eigenvalue weighted by molar-refractivity contribution is 0.256. The minimum Gasteiger partial charge on any atom is -0.493 e. The summed E-state index contributed by atoms with van der Waals surface area (Å²) in [7, 11) is 0. The summed E-state index contributed by atoms with van der Waals surface area (Å²) in [5.41, 5.74) is 10.3. The fourth-order valence-corrected chi connectivity index (χ4v) is 9.43. The van der Waals surface area contributed by atoms with Crippen molar-refractivity contribution >= 4 is 11.6 Å². The van der Waals surface area contributed by atoms with Crippen LogP contribution in [0.25, 0.3) is 0 Å². The van der Waals surface area contributed by atoms with Crippen LogP contribution in [0.2, 0.25) is 0 Å². The van der Waals surface area contributed by atoms with E-state index in [0.29, 0.717) is 48.0 Å². The highest BCUT2D eigenvalue weighted by atomic mass is 35.5. The number of benzene rings is 8. The molecule has 656 valence electrons. The Morgan fingerprint density at radius 2 is 0.276 bits per heavy atom. The largest absolute Gasteiger partial charge is 0.493 e. The predicted molar refractivity (Wildman–Crippen MR) is 514 cm³/mol. The summed E-state index contributed by atoms with van der Waals surface area (Å²) in [5.74, 6) is 11.7. The van der Waals surface area contributed by atoms with Crippen LogP contribution in [0.3, 0.4) is 0 Å². The highest BCUT2D eigenvalue weighted by Gasteiger charge is 2.10. The minimum absolute atomic E-state index is 0.0701. The lowest BCUT2D eigenvalue weighted by Crippen LogP contribution is -2.10. The van der Waals surface area contributed by atoms with Crippen LogP contribution in [0.1, 0.15) is 311 Å². The van der Waals surface area contributed by atoms with Gasteiger partial charge in [0.25, 0.3) is 0 Å². The number of rotatable bonds is 40. The van der Waals surface area contributed by atoms with E-state index < -0.39 is 0 Å². The second-order valence-electron chi connectivity index (χ2n) is 27.9. The maximum Gasteiger partial charge on any atom is 0.119 e. The third kappa shape index (κ3) is 56.7. The van der Waals surface area contributed by atoms with Gasteiger partial charge in [-0.1, -0.05) is 357 Å². The van der Waals surface area contributed by atoms with Gasteiger partial charge in [0.15, 0.2) is 0 Å². The average Bonchev–Trinajstić information content (AvgIpc) is 0.889. The Kier molecular flexibility index (Phi) is 77.8. The second-order valence-corrected chi connectivity index (χ2v) is 28.6. The van der Waals surface area contributed by atoms with E-state index in [1.807, 2.05) is 123 Å². The molecule has 8 aromatic carbocycles. The van der Waals surface area contributed by atoms with E-state index in [-0.39, 0.29) is 5.38 Å². The van der Waals surface area contributed by atoms with Gasteiger partial charge < -0.3 is 37.9 Å². The fraction of sp³-hybridized carbons (Fsp3) is 0.551. The first kappa shape index (κ1) is 115. The van der Waals surface area contributed by atoms with Crippen molar-refractivity contribution in [2.75, 3.05) is 52.9 Å². The highest BCUT2D eigenvalue weighted by molar-refractivity contribution is 6.20. The summed E-state index contributed by atoms with van der Waals surface area (Å²) in [6.07, 6.45) is 12.6. The van der Waals surface area contributed by atoms with Crippen LogP contribution in [0.15, 0.2) is 194 Å². The molecule has 0 bridgehead atoms. The molecule has 0 amide bonds. The number of halogens is 1. The van der Waals surface area contributed by atoms with E-state index in [4.69, 9.17) is 49.5 Å². The van der Waals surface area contributed by atoms with Crippen LogP contribution in [-0.2, 0) is 25.7 Å². The van der Waals surface area contributed by atoms with Gasteiger partial charge in [0.05, 0.1) is 51.6 Å². The van der Waals surface area contributed by atoms with E-state index in [0.717, 1.165) is 169 Å². The summed E-state index contributed by atoms with van der Waals surface area (Å²) in [5, 5.41) is 0.0701. The molecule has 0 heterocycles. The summed E-state index contributed by atoms with van der Waals surface area (Å²) in [6, 6.07) is 67.3. The van der Waals surface area contributed by atoms with Crippen molar-refractivity contribution in [2.45, 2.75) is 297 Å². The summed E-state index contributed by atoms with van der Waals surface area (Å²) in [4.78, 5) is 0. The SMILES string of the molecule is CC.CC.CC.CC.CC.CC.CC.CC.CC[C@@H](C)COc1ccc(Cc2ccc(OC[C@@H](C)CC)cc2)cc1.CC[C@@H](C)COc1ccc(Cc2ccc(OC[C@@H](C)CC)cc2)cc1.CC[C@@H](C)COc1ccc(Cc2ccc(OC[C@H](C)CC)cc2)cc1.CC[C@H](C)COc1ccc(Cc2ccc(OC[C@@H](Cl)CC)cc2)cc1. The summed E-state index contributed by atoms with van der Waals surface area (Å²) < 4.78 is 46.4. The van der Waals surface area contributed by atoms with E-state index in [2.05, 4.69) is 286 Å². The zero-order valence-corrected chi connectivity index (χ0v) is 80.6. The second kappa shape index (κ2) is 78.6. The maximum absolute atomic E-state index is 6.08. The van der Waals surface area contributed by atoms with Crippen LogP contribution < -0.4 is 37.9 Å². The molecule has 0 fully saturated rings. The molecule has 9 heteroatoms. The molecule has 0 aliphatic heterocycles. The zero-order valence-electron chi connectivity index (χ0n) is 79.9. The molecule has 8 atom stereocenters. The molecule has 0 spiro atoms. The monoisotopic (exact) mass is 1620 g/mol. The Bertz CT molecular complexity index is 2640. The van der Waals surface area contributed by atoms with Gasteiger partial charge in [0.1, 0.15) is 52.6 Å². The molecule has 8 aromatic rings. The van der Waals surface area contributed by atoms with Gasteiger partial charge in [-0.15, -0.1) is 11.6 Å². The van der Waals surface area contributed by atoms with Gasteiger partial charge in [-0.25, -0.2) is 0 Å². The van der Waals surface area contributed by atoms with E-state index in [1.54, 1.807) is 0 Å². The fourth-order valence-electron chi connectivity index (χ4n) is 9.37. The van der Waals surface area contributed by atoms with E-state index in [9.17, 15) is 0 Å². The lowest BCUT2D eigenvalue weighted by atomic mass is 10.0. The predicted octanol–water partition coefficient (Wildman–Crippen LogP) is 32.7. The Labute approximate surface area is 721 Å². The normalized spacial score (nSPS) is 11.9. The molecule has 0 saturated heterocycles. The van der Waals surface area contributed by atoms with Gasteiger partial charge in [0, 0.05) is 0 Å². The van der Waals surface area contributed by atoms with E-state index in [1.165, 1.54) is 44.5 Å². The van der Waals surface area contributed by atoms with Crippen LogP contribution >= 0.6 is 11.6 Å². The third-order valence-corrected chi connectivity index (χ3v) is 18.9.